The molecule has 0 fully saturated rings. The molecule has 0 aliphatic carbocycles. The van der Waals surface area contributed by atoms with Crippen LogP contribution in [0.25, 0.3) is 0 Å². The Morgan fingerprint density at radius 3 is 2.95 bits per heavy atom. The van der Waals surface area contributed by atoms with Crippen LogP contribution in [0.2, 0.25) is 5.02 Å². The molecular weight excluding hydrogens is 318 g/mol. The maximum atomic E-state index is 11.9. The summed E-state index contributed by atoms with van der Waals surface area (Å²) in [6, 6.07) is 7.69. The minimum Gasteiger partial charge on any atom is -0.355 e. The lowest BCUT2D eigenvalue weighted by Gasteiger charge is -2.06. The molecule has 22 heavy (non-hydrogen) atoms. The van der Waals surface area contributed by atoms with Crippen LogP contribution in [0.5, 0.6) is 0 Å². The van der Waals surface area contributed by atoms with Crippen molar-refractivity contribution in [1.29, 1.82) is 0 Å². The van der Waals surface area contributed by atoms with E-state index in [-0.39, 0.29) is 5.91 Å². The van der Waals surface area contributed by atoms with Gasteiger partial charge < -0.3 is 10.2 Å². The average Bonchev–Trinajstić information content (AvgIpc) is 2.85. The lowest BCUT2D eigenvalue weighted by Crippen LogP contribution is -2.27. The van der Waals surface area contributed by atoms with Gasteiger partial charge in [-0.2, -0.15) is 0 Å². The van der Waals surface area contributed by atoms with Gasteiger partial charge in [0, 0.05) is 23.5 Å². The van der Waals surface area contributed by atoms with E-state index < -0.39 is 0 Å². The zero-order valence-electron chi connectivity index (χ0n) is 12.8. The minimum atomic E-state index is 0.00345. The van der Waals surface area contributed by atoms with E-state index in [0.717, 1.165) is 34.3 Å². The number of rotatable bonds is 7. The second-order valence-corrected chi connectivity index (χ2v) is 6.76. The van der Waals surface area contributed by atoms with Crippen LogP contribution in [0.1, 0.15) is 16.3 Å². The summed E-state index contributed by atoms with van der Waals surface area (Å²) in [5, 5.41) is 6.63. The molecule has 0 radical (unpaired) electrons. The molecule has 0 aliphatic heterocycles. The average molecular weight is 338 g/mol. The van der Waals surface area contributed by atoms with Crippen molar-refractivity contribution in [3.63, 3.8) is 0 Å². The van der Waals surface area contributed by atoms with Gasteiger partial charge in [-0.3, -0.25) is 4.79 Å². The fraction of sp³-hybridized carbons (Fsp3) is 0.375. The van der Waals surface area contributed by atoms with E-state index in [9.17, 15) is 4.79 Å². The molecule has 1 aromatic carbocycles. The highest BCUT2D eigenvalue weighted by molar-refractivity contribution is 7.09. The number of thiazole rings is 1. The fourth-order valence-corrected chi connectivity index (χ4v) is 3.16. The van der Waals surface area contributed by atoms with Crippen molar-refractivity contribution in [3.8, 4) is 0 Å². The maximum absolute atomic E-state index is 11.9. The van der Waals surface area contributed by atoms with Crippen LogP contribution in [-0.4, -0.2) is 36.4 Å². The van der Waals surface area contributed by atoms with Crippen LogP contribution in [-0.2, 0) is 24.2 Å². The van der Waals surface area contributed by atoms with Gasteiger partial charge in [-0.1, -0.05) is 23.7 Å². The normalized spacial score (nSPS) is 10.9. The number of nitrogens with zero attached hydrogens (tertiary/aromatic N) is 2. The van der Waals surface area contributed by atoms with Gasteiger partial charge in [-0.15, -0.1) is 11.3 Å². The van der Waals surface area contributed by atoms with E-state index in [1.54, 1.807) is 11.3 Å². The topological polar surface area (TPSA) is 45.2 Å². The van der Waals surface area contributed by atoms with E-state index in [4.69, 9.17) is 11.6 Å². The minimum absolute atomic E-state index is 0.00345. The van der Waals surface area contributed by atoms with Crippen molar-refractivity contribution in [1.82, 2.24) is 15.2 Å². The first kappa shape index (κ1) is 16.9. The van der Waals surface area contributed by atoms with Crippen molar-refractivity contribution in [2.75, 3.05) is 20.6 Å². The largest absolute Gasteiger partial charge is 0.355 e. The Bertz CT molecular complexity index is 627. The number of carbonyl (C=O) groups is 1. The summed E-state index contributed by atoms with van der Waals surface area (Å²) in [5.41, 5.74) is 1.96. The van der Waals surface area contributed by atoms with Crippen molar-refractivity contribution < 1.29 is 4.79 Å². The molecule has 1 N–H and O–H groups in total. The fourth-order valence-electron chi connectivity index (χ4n) is 2.04. The molecule has 1 heterocycles. The number of nitrogens with one attached hydrogen (secondary N) is 1. The summed E-state index contributed by atoms with van der Waals surface area (Å²) >= 11 is 7.53. The first-order valence-corrected chi connectivity index (χ1v) is 8.38. The van der Waals surface area contributed by atoms with Gasteiger partial charge in [0.05, 0.1) is 12.1 Å². The van der Waals surface area contributed by atoms with Gasteiger partial charge in [0.2, 0.25) is 5.91 Å². The molecule has 0 saturated heterocycles. The second kappa shape index (κ2) is 8.27. The molecule has 118 valence electrons. The molecule has 1 aromatic heterocycles. The zero-order chi connectivity index (χ0) is 15.9. The molecule has 0 aliphatic rings. The Morgan fingerprint density at radius 1 is 1.41 bits per heavy atom. The number of aromatic nitrogens is 1. The van der Waals surface area contributed by atoms with Crippen LogP contribution in [0, 0.1) is 0 Å². The standard InChI is InChI=1S/C16H20ClN3OS/c1-20(2)10-16-19-14(11-22-16)9-15(21)18-7-6-12-4-3-5-13(17)8-12/h3-5,8,11H,6-7,9-10H2,1-2H3,(H,18,21). The van der Waals surface area contributed by atoms with Crippen molar-refractivity contribution in [2.45, 2.75) is 19.4 Å². The number of amides is 1. The Hall–Kier alpha value is -1.43. The lowest BCUT2D eigenvalue weighted by atomic mass is 10.1. The third kappa shape index (κ3) is 5.75. The number of benzene rings is 1. The zero-order valence-corrected chi connectivity index (χ0v) is 14.4. The summed E-state index contributed by atoms with van der Waals surface area (Å²) in [6.45, 7) is 1.41. The van der Waals surface area contributed by atoms with Gasteiger partial charge in [-0.25, -0.2) is 4.98 Å². The summed E-state index contributed by atoms with van der Waals surface area (Å²) in [6.07, 6.45) is 1.11. The Balaban J connectivity index is 1.74. The Kier molecular flexibility index (Phi) is 6.36. The third-order valence-electron chi connectivity index (χ3n) is 3.02. The SMILES string of the molecule is CN(C)Cc1nc(CC(=O)NCCc2cccc(Cl)c2)cs1. The molecule has 4 nitrogen and oxygen atoms in total. The van der Waals surface area contributed by atoms with Crippen LogP contribution >= 0.6 is 22.9 Å². The predicted molar refractivity (Wildman–Crippen MR) is 91.4 cm³/mol. The third-order valence-corrected chi connectivity index (χ3v) is 4.13. The van der Waals surface area contributed by atoms with Gasteiger partial charge in [0.15, 0.2) is 0 Å². The van der Waals surface area contributed by atoms with Crippen LogP contribution in [0.4, 0.5) is 0 Å². The van der Waals surface area contributed by atoms with Gasteiger partial charge in [-0.05, 0) is 38.2 Å². The number of carbonyl (C=O) groups excluding carboxylic acids is 1. The second-order valence-electron chi connectivity index (χ2n) is 5.38. The van der Waals surface area contributed by atoms with Crippen molar-refractivity contribution in [2.24, 2.45) is 0 Å². The lowest BCUT2D eigenvalue weighted by molar-refractivity contribution is -0.120. The van der Waals surface area contributed by atoms with E-state index >= 15 is 0 Å². The summed E-state index contributed by atoms with van der Waals surface area (Å²) in [4.78, 5) is 18.4. The molecule has 6 heteroatoms. The van der Waals surface area contributed by atoms with E-state index in [1.165, 1.54) is 0 Å². The molecule has 1 amide bonds. The molecule has 0 bridgehead atoms. The molecule has 0 saturated carbocycles. The van der Waals surface area contributed by atoms with Crippen LogP contribution in [0.15, 0.2) is 29.6 Å². The molecule has 0 spiro atoms. The predicted octanol–water partition coefficient (Wildman–Crippen LogP) is 2.76. The maximum Gasteiger partial charge on any atom is 0.226 e. The van der Waals surface area contributed by atoms with Gasteiger partial charge in [0.25, 0.3) is 0 Å². The monoisotopic (exact) mass is 337 g/mol. The molecular formula is C16H20ClN3OS. The highest BCUT2D eigenvalue weighted by Crippen LogP contribution is 2.12. The molecule has 0 atom stereocenters. The number of halogens is 1. The number of hydrogen-bond acceptors (Lipinski definition) is 4. The van der Waals surface area contributed by atoms with Gasteiger partial charge >= 0.3 is 0 Å². The molecule has 2 aromatic rings. The Morgan fingerprint density at radius 2 is 2.23 bits per heavy atom. The van der Waals surface area contributed by atoms with E-state index in [1.807, 2.05) is 43.7 Å². The highest BCUT2D eigenvalue weighted by Gasteiger charge is 2.08. The van der Waals surface area contributed by atoms with Crippen molar-refractivity contribution >= 4 is 28.8 Å². The Labute approximate surface area is 140 Å². The molecule has 0 unspecified atom stereocenters. The molecule has 2 rings (SSSR count). The first-order valence-electron chi connectivity index (χ1n) is 7.12. The first-order chi connectivity index (χ1) is 10.5. The summed E-state index contributed by atoms with van der Waals surface area (Å²) in [7, 11) is 4.01. The summed E-state index contributed by atoms with van der Waals surface area (Å²) < 4.78 is 0. The van der Waals surface area contributed by atoms with Crippen LogP contribution < -0.4 is 5.32 Å². The van der Waals surface area contributed by atoms with E-state index in [0.29, 0.717) is 13.0 Å². The quantitative estimate of drug-likeness (QED) is 0.845. The smallest absolute Gasteiger partial charge is 0.226 e. The summed E-state index contributed by atoms with van der Waals surface area (Å²) in [5.74, 6) is 0.00345. The van der Waals surface area contributed by atoms with Crippen LogP contribution in [0.3, 0.4) is 0 Å². The van der Waals surface area contributed by atoms with Gasteiger partial charge in [0.1, 0.15) is 5.01 Å². The van der Waals surface area contributed by atoms with Crippen molar-refractivity contribution in [3.05, 3.63) is 50.9 Å². The van der Waals surface area contributed by atoms with E-state index in [2.05, 4.69) is 15.2 Å². The number of hydrogen-bond donors (Lipinski definition) is 1. The highest BCUT2D eigenvalue weighted by atomic mass is 35.5.